The second kappa shape index (κ2) is 7.85. The third-order valence-electron chi connectivity index (χ3n) is 2.91. The Hall–Kier alpha value is -0.620. The van der Waals surface area contributed by atoms with Gasteiger partial charge in [0, 0.05) is 12.6 Å². The van der Waals surface area contributed by atoms with Crippen LogP contribution in [0.2, 0.25) is 0 Å². The molecule has 1 aromatic carbocycles. The maximum atomic E-state index is 12.1. The largest absolute Gasteiger partial charge is 0.316 e. The van der Waals surface area contributed by atoms with E-state index in [4.69, 9.17) is 0 Å². The zero-order valence-corrected chi connectivity index (χ0v) is 13.4. The Kier molecular flexibility index (Phi) is 7.59. The minimum Gasteiger partial charge on any atom is -0.316 e. The number of hydrogen-bond donors (Lipinski definition) is 2. The van der Waals surface area contributed by atoms with Gasteiger partial charge in [0.15, 0.2) is 0 Å². The Morgan fingerprint density at radius 1 is 1.21 bits per heavy atom. The summed E-state index contributed by atoms with van der Waals surface area (Å²) in [5, 5.41) is 2.99. The van der Waals surface area contributed by atoms with Crippen molar-refractivity contribution < 1.29 is 8.42 Å². The van der Waals surface area contributed by atoms with Crippen LogP contribution in [0.5, 0.6) is 0 Å². The van der Waals surface area contributed by atoms with Crippen LogP contribution >= 0.6 is 12.4 Å². The Balaban J connectivity index is 0.00000324. The first kappa shape index (κ1) is 18.4. The SMILES string of the molecule is CNC(C)CNS(=O)(=O)c1cccc(C(C)C)c1.Cl. The number of halogens is 1. The summed E-state index contributed by atoms with van der Waals surface area (Å²) in [7, 11) is -1.61. The summed E-state index contributed by atoms with van der Waals surface area (Å²) >= 11 is 0. The van der Waals surface area contributed by atoms with Crippen molar-refractivity contribution in [2.75, 3.05) is 13.6 Å². The summed E-state index contributed by atoms with van der Waals surface area (Å²) < 4.78 is 26.8. The molecule has 6 heteroatoms. The molecule has 2 N–H and O–H groups in total. The van der Waals surface area contributed by atoms with Crippen LogP contribution in [0.3, 0.4) is 0 Å². The molecular formula is C13H23ClN2O2S. The van der Waals surface area contributed by atoms with Crippen LogP contribution in [-0.2, 0) is 10.0 Å². The fourth-order valence-electron chi connectivity index (χ4n) is 1.46. The third-order valence-corrected chi connectivity index (χ3v) is 4.33. The summed E-state index contributed by atoms with van der Waals surface area (Å²) in [6, 6.07) is 7.19. The van der Waals surface area contributed by atoms with Crippen molar-refractivity contribution in [3.05, 3.63) is 29.8 Å². The van der Waals surface area contributed by atoms with E-state index in [2.05, 4.69) is 10.0 Å². The van der Waals surface area contributed by atoms with E-state index in [-0.39, 0.29) is 18.4 Å². The quantitative estimate of drug-likeness (QED) is 0.846. The van der Waals surface area contributed by atoms with Gasteiger partial charge in [-0.3, -0.25) is 0 Å². The van der Waals surface area contributed by atoms with Gasteiger partial charge in [0.2, 0.25) is 10.0 Å². The molecule has 110 valence electrons. The van der Waals surface area contributed by atoms with Gasteiger partial charge in [-0.15, -0.1) is 12.4 Å². The van der Waals surface area contributed by atoms with Gasteiger partial charge in [0.25, 0.3) is 0 Å². The molecule has 19 heavy (non-hydrogen) atoms. The number of sulfonamides is 1. The third kappa shape index (κ3) is 5.48. The molecule has 0 heterocycles. The number of nitrogens with one attached hydrogen (secondary N) is 2. The Morgan fingerprint density at radius 2 is 1.84 bits per heavy atom. The molecule has 1 unspecified atom stereocenters. The molecular weight excluding hydrogens is 284 g/mol. The number of hydrogen-bond acceptors (Lipinski definition) is 3. The van der Waals surface area contributed by atoms with Crippen LogP contribution in [0, 0.1) is 0 Å². The smallest absolute Gasteiger partial charge is 0.240 e. The molecule has 0 saturated carbocycles. The summed E-state index contributed by atoms with van der Waals surface area (Å²) in [5.41, 5.74) is 1.03. The highest BCUT2D eigenvalue weighted by atomic mass is 35.5. The maximum Gasteiger partial charge on any atom is 0.240 e. The summed E-state index contributed by atoms with van der Waals surface area (Å²) in [5.74, 6) is 0.316. The monoisotopic (exact) mass is 306 g/mol. The van der Waals surface area contributed by atoms with E-state index < -0.39 is 10.0 Å². The first-order chi connectivity index (χ1) is 8.36. The van der Waals surface area contributed by atoms with Crippen LogP contribution in [0.15, 0.2) is 29.2 Å². The average molecular weight is 307 g/mol. The Bertz CT molecular complexity index is 489. The molecule has 0 saturated heterocycles. The van der Waals surface area contributed by atoms with Crippen molar-refractivity contribution in [1.82, 2.24) is 10.0 Å². The molecule has 0 aromatic heterocycles. The van der Waals surface area contributed by atoms with Gasteiger partial charge in [0.1, 0.15) is 0 Å². The summed E-state index contributed by atoms with van der Waals surface area (Å²) in [6.07, 6.45) is 0. The molecule has 1 atom stereocenters. The van der Waals surface area contributed by atoms with Crippen LogP contribution in [0.4, 0.5) is 0 Å². The van der Waals surface area contributed by atoms with Crippen molar-refractivity contribution in [3.8, 4) is 0 Å². The molecule has 4 nitrogen and oxygen atoms in total. The standard InChI is InChI=1S/C13H22N2O2S.ClH/c1-10(2)12-6-5-7-13(8-12)18(16,17)15-9-11(3)14-4;/h5-8,10-11,14-15H,9H2,1-4H3;1H. The maximum absolute atomic E-state index is 12.1. The van der Waals surface area contributed by atoms with Crippen LogP contribution in [0.1, 0.15) is 32.3 Å². The number of benzene rings is 1. The van der Waals surface area contributed by atoms with Crippen molar-refractivity contribution >= 4 is 22.4 Å². The van der Waals surface area contributed by atoms with Gasteiger partial charge < -0.3 is 5.32 Å². The van der Waals surface area contributed by atoms with E-state index in [1.165, 1.54) is 0 Å². The molecule has 0 amide bonds. The van der Waals surface area contributed by atoms with Crippen LogP contribution in [0.25, 0.3) is 0 Å². The van der Waals surface area contributed by atoms with Gasteiger partial charge in [-0.25, -0.2) is 13.1 Å². The normalized spacial score (nSPS) is 13.1. The Morgan fingerprint density at radius 3 is 2.37 bits per heavy atom. The number of rotatable bonds is 6. The van der Waals surface area contributed by atoms with Gasteiger partial charge in [-0.1, -0.05) is 26.0 Å². The Labute approximate surface area is 122 Å². The molecule has 0 aliphatic carbocycles. The molecule has 1 aromatic rings. The molecule has 1 rings (SSSR count). The lowest BCUT2D eigenvalue weighted by Crippen LogP contribution is -2.37. The van der Waals surface area contributed by atoms with Gasteiger partial charge >= 0.3 is 0 Å². The molecule has 0 spiro atoms. The lowest BCUT2D eigenvalue weighted by atomic mass is 10.0. The van der Waals surface area contributed by atoms with Gasteiger partial charge in [-0.05, 0) is 37.6 Å². The zero-order valence-electron chi connectivity index (χ0n) is 11.8. The molecule has 0 aliphatic heterocycles. The molecule has 0 bridgehead atoms. The predicted molar refractivity (Wildman–Crippen MR) is 81.5 cm³/mol. The topological polar surface area (TPSA) is 58.2 Å². The molecule has 0 aliphatic rings. The second-order valence-electron chi connectivity index (χ2n) is 4.77. The van der Waals surface area contributed by atoms with Crippen LogP contribution in [-0.4, -0.2) is 28.1 Å². The first-order valence-corrected chi connectivity index (χ1v) is 7.62. The van der Waals surface area contributed by atoms with E-state index >= 15 is 0 Å². The van der Waals surface area contributed by atoms with Gasteiger partial charge in [-0.2, -0.15) is 0 Å². The van der Waals surface area contributed by atoms with Crippen molar-refractivity contribution in [2.45, 2.75) is 37.6 Å². The van der Waals surface area contributed by atoms with E-state index in [1.807, 2.05) is 26.8 Å². The number of likely N-dealkylation sites (N-methyl/N-ethyl adjacent to an activating group) is 1. The molecule has 0 radical (unpaired) electrons. The molecule has 0 fully saturated rings. The lowest BCUT2D eigenvalue weighted by Gasteiger charge is -2.13. The minimum atomic E-state index is -3.41. The van der Waals surface area contributed by atoms with E-state index in [1.54, 1.807) is 25.2 Å². The van der Waals surface area contributed by atoms with Gasteiger partial charge in [0.05, 0.1) is 4.90 Å². The fourth-order valence-corrected chi connectivity index (χ4v) is 2.65. The van der Waals surface area contributed by atoms with Crippen molar-refractivity contribution in [2.24, 2.45) is 0 Å². The minimum absolute atomic E-state index is 0. The predicted octanol–water partition coefficient (Wildman–Crippen LogP) is 2.12. The summed E-state index contributed by atoms with van der Waals surface area (Å²) in [4.78, 5) is 0.331. The van der Waals surface area contributed by atoms with E-state index in [9.17, 15) is 8.42 Å². The van der Waals surface area contributed by atoms with Crippen molar-refractivity contribution in [3.63, 3.8) is 0 Å². The summed E-state index contributed by atoms with van der Waals surface area (Å²) in [6.45, 7) is 6.39. The van der Waals surface area contributed by atoms with E-state index in [0.29, 0.717) is 17.4 Å². The van der Waals surface area contributed by atoms with Crippen LogP contribution < -0.4 is 10.0 Å². The second-order valence-corrected chi connectivity index (χ2v) is 6.54. The highest BCUT2D eigenvalue weighted by Gasteiger charge is 2.15. The highest BCUT2D eigenvalue weighted by molar-refractivity contribution is 7.89. The fraction of sp³-hybridized carbons (Fsp3) is 0.538. The first-order valence-electron chi connectivity index (χ1n) is 6.13. The van der Waals surface area contributed by atoms with Crippen molar-refractivity contribution in [1.29, 1.82) is 0 Å². The highest BCUT2D eigenvalue weighted by Crippen LogP contribution is 2.18. The van der Waals surface area contributed by atoms with E-state index in [0.717, 1.165) is 5.56 Å². The average Bonchev–Trinajstić information content (AvgIpc) is 2.36. The lowest BCUT2D eigenvalue weighted by molar-refractivity contribution is 0.554. The zero-order chi connectivity index (χ0) is 13.8.